The first-order chi connectivity index (χ1) is 10.6. The lowest BCUT2D eigenvalue weighted by molar-refractivity contribution is 0.335. The molecule has 0 fully saturated rings. The molecule has 0 spiro atoms. The van der Waals surface area contributed by atoms with Gasteiger partial charge in [-0.15, -0.1) is 0 Å². The maximum atomic E-state index is 9.44. The second kappa shape index (κ2) is 8.18. The fraction of sp³-hybridized carbons (Fsp3) is 0.118. The normalized spacial score (nSPS) is 11.1. The van der Waals surface area contributed by atoms with Gasteiger partial charge in [0.25, 0.3) is 0 Å². The van der Waals surface area contributed by atoms with Crippen LogP contribution in [0.5, 0.6) is 5.75 Å². The lowest BCUT2D eigenvalue weighted by Crippen LogP contribution is -1.97. The van der Waals surface area contributed by atoms with Crippen LogP contribution in [0, 0.1) is 18.5 Å². The van der Waals surface area contributed by atoms with Gasteiger partial charge in [0.05, 0.1) is 25.4 Å². The minimum Gasteiger partial charge on any atom is -0.492 e. The van der Waals surface area contributed by atoms with Crippen molar-refractivity contribution in [2.24, 2.45) is 0 Å². The predicted octanol–water partition coefficient (Wildman–Crippen LogP) is 6.01. The van der Waals surface area contributed by atoms with Crippen LogP contribution < -0.4 is 4.74 Å². The van der Waals surface area contributed by atoms with E-state index in [0.717, 1.165) is 24.0 Å². The summed E-state index contributed by atoms with van der Waals surface area (Å²) in [4.78, 5) is 0. The molecule has 0 aliphatic rings. The van der Waals surface area contributed by atoms with Gasteiger partial charge in [-0.05, 0) is 81.9 Å². The number of hydrogen-bond donors (Lipinski definition) is 0. The van der Waals surface area contributed by atoms with E-state index in [4.69, 9.17) is 16.3 Å². The summed E-state index contributed by atoms with van der Waals surface area (Å²) in [6, 6.07) is 13.6. The van der Waals surface area contributed by atoms with Crippen molar-refractivity contribution in [2.75, 3.05) is 6.61 Å². The van der Waals surface area contributed by atoms with E-state index in [9.17, 15) is 5.26 Å². The first-order valence-corrected chi connectivity index (χ1v) is 9.09. The Hall–Kier alpha value is -0.780. The topological polar surface area (TPSA) is 33.0 Å². The molecule has 0 bridgehead atoms. The lowest BCUT2D eigenvalue weighted by atomic mass is 10.0. The summed E-state index contributed by atoms with van der Waals surface area (Å²) in [5, 5.41) is 10.0. The third kappa shape index (κ3) is 4.15. The van der Waals surface area contributed by atoms with Gasteiger partial charge in [0.2, 0.25) is 0 Å². The Labute approximate surface area is 162 Å². The molecule has 0 saturated carbocycles. The third-order valence-electron chi connectivity index (χ3n) is 2.90. The molecule has 2 aromatic carbocycles. The molecule has 0 saturated heterocycles. The van der Waals surface area contributed by atoms with Crippen molar-refractivity contribution >= 4 is 68.4 Å². The van der Waals surface area contributed by atoms with Crippen LogP contribution in [0.3, 0.4) is 0 Å². The van der Waals surface area contributed by atoms with Gasteiger partial charge < -0.3 is 4.74 Å². The van der Waals surface area contributed by atoms with Gasteiger partial charge in [0.15, 0.2) is 0 Å². The van der Waals surface area contributed by atoms with Gasteiger partial charge in [-0.25, -0.2) is 0 Å². The Morgan fingerprint density at radius 2 is 1.91 bits per heavy atom. The van der Waals surface area contributed by atoms with Gasteiger partial charge in [-0.2, -0.15) is 5.26 Å². The number of benzene rings is 2. The first-order valence-electron chi connectivity index (χ1n) is 6.55. The molecule has 2 rings (SSSR count). The van der Waals surface area contributed by atoms with Crippen molar-refractivity contribution in [3.05, 3.63) is 59.7 Å². The third-order valence-corrected chi connectivity index (χ3v) is 4.84. The molecule has 0 heterocycles. The molecule has 0 atom stereocenters. The molecule has 0 amide bonds. The van der Waals surface area contributed by atoms with E-state index in [0.29, 0.717) is 17.2 Å². The minimum atomic E-state index is 0.543. The number of ether oxygens (including phenoxy) is 1. The van der Waals surface area contributed by atoms with Crippen LogP contribution in [-0.2, 0) is 0 Å². The maximum Gasteiger partial charge on any atom is 0.145 e. The van der Waals surface area contributed by atoms with E-state index in [-0.39, 0.29) is 0 Å². The fourth-order valence-electron chi connectivity index (χ4n) is 1.96. The minimum absolute atomic E-state index is 0.543. The van der Waals surface area contributed by atoms with Crippen LogP contribution in [-0.4, -0.2) is 6.61 Å². The summed E-state index contributed by atoms with van der Waals surface area (Å²) in [5.41, 5.74) is 2.24. The standard InChI is InChI=1S/C17H12ClI2NO/c1-2-22-17-15(19)8-11(9-16(17)20)7-12(10-21)13-5-3-4-6-14(13)18/h3-9H,2H2,1H3. The Morgan fingerprint density at radius 3 is 2.45 bits per heavy atom. The summed E-state index contributed by atoms with van der Waals surface area (Å²) < 4.78 is 7.68. The van der Waals surface area contributed by atoms with Crippen LogP contribution in [0.4, 0.5) is 0 Å². The molecular weight excluding hydrogens is 523 g/mol. The molecule has 0 aromatic heterocycles. The summed E-state index contributed by atoms with van der Waals surface area (Å²) in [5.74, 6) is 0.886. The highest BCUT2D eigenvalue weighted by Gasteiger charge is 2.10. The number of hydrogen-bond acceptors (Lipinski definition) is 2. The highest BCUT2D eigenvalue weighted by Crippen LogP contribution is 2.31. The Bertz CT molecular complexity index is 742. The molecule has 0 radical (unpaired) electrons. The van der Waals surface area contributed by atoms with Crippen LogP contribution in [0.1, 0.15) is 18.1 Å². The molecule has 0 aliphatic carbocycles. The van der Waals surface area contributed by atoms with Gasteiger partial charge in [-0.1, -0.05) is 29.8 Å². The van der Waals surface area contributed by atoms with Crippen LogP contribution in [0.25, 0.3) is 11.6 Å². The van der Waals surface area contributed by atoms with Gasteiger partial charge in [0.1, 0.15) is 5.75 Å². The Balaban J connectivity index is 2.48. The average Bonchev–Trinajstić information content (AvgIpc) is 2.49. The first kappa shape index (κ1) is 17.6. The zero-order valence-corrected chi connectivity index (χ0v) is 16.8. The second-order valence-corrected chi connectivity index (χ2v) is 7.13. The molecule has 0 N–H and O–H groups in total. The summed E-state index contributed by atoms with van der Waals surface area (Å²) in [6.45, 7) is 2.59. The van der Waals surface area contributed by atoms with Crippen LogP contribution in [0.15, 0.2) is 36.4 Å². The van der Waals surface area contributed by atoms with Crippen molar-refractivity contribution in [1.29, 1.82) is 5.26 Å². The zero-order chi connectivity index (χ0) is 16.1. The fourth-order valence-corrected chi connectivity index (χ4v) is 4.33. The van der Waals surface area contributed by atoms with E-state index in [2.05, 4.69) is 51.3 Å². The smallest absolute Gasteiger partial charge is 0.145 e. The molecule has 112 valence electrons. The van der Waals surface area contributed by atoms with Crippen molar-refractivity contribution in [3.8, 4) is 11.8 Å². The van der Waals surface area contributed by atoms with Crippen molar-refractivity contribution in [2.45, 2.75) is 6.92 Å². The molecule has 5 heteroatoms. The van der Waals surface area contributed by atoms with E-state index in [1.807, 2.05) is 43.3 Å². The van der Waals surface area contributed by atoms with Crippen molar-refractivity contribution in [3.63, 3.8) is 0 Å². The number of nitriles is 1. The summed E-state index contributed by atoms with van der Waals surface area (Å²) in [6.07, 6.45) is 1.85. The van der Waals surface area contributed by atoms with E-state index in [1.54, 1.807) is 6.07 Å². The monoisotopic (exact) mass is 535 g/mol. The largest absolute Gasteiger partial charge is 0.492 e. The quantitative estimate of drug-likeness (QED) is 0.273. The highest BCUT2D eigenvalue weighted by atomic mass is 127. The van der Waals surface area contributed by atoms with E-state index in [1.165, 1.54) is 0 Å². The van der Waals surface area contributed by atoms with E-state index < -0.39 is 0 Å². The van der Waals surface area contributed by atoms with Gasteiger partial charge >= 0.3 is 0 Å². The zero-order valence-electron chi connectivity index (χ0n) is 11.7. The Morgan fingerprint density at radius 1 is 1.27 bits per heavy atom. The molecule has 2 nitrogen and oxygen atoms in total. The maximum absolute atomic E-state index is 9.44. The number of halogens is 3. The Kier molecular flexibility index (Phi) is 6.53. The molecule has 0 aliphatic heterocycles. The summed E-state index contributed by atoms with van der Waals surface area (Å²) >= 11 is 10.7. The highest BCUT2D eigenvalue weighted by molar-refractivity contribution is 14.1. The SMILES string of the molecule is CCOc1c(I)cc(C=C(C#N)c2ccccc2Cl)cc1I. The van der Waals surface area contributed by atoms with Crippen molar-refractivity contribution in [1.82, 2.24) is 0 Å². The van der Waals surface area contributed by atoms with Crippen LogP contribution >= 0.6 is 56.8 Å². The number of nitrogens with zero attached hydrogens (tertiary/aromatic N) is 1. The second-order valence-electron chi connectivity index (χ2n) is 4.40. The summed E-state index contributed by atoms with van der Waals surface area (Å²) in [7, 11) is 0. The van der Waals surface area contributed by atoms with Gasteiger partial charge in [0, 0.05) is 10.6 Å². The molecule has 2 aromatic rings. The predicted molar refractivity (Wildman–Crippen MR) is 108 cm³/mol. The number of allylic oxidation sites excluding steroid dienone is 1. The lowest BCUT2D eigenvalue weighted by Gasteiger charge is -2.10. The van der Waals surface area contributed by atoms with Crippen molar-refractivity contribution < 1.29 is 4.74 Å². The van der Waals surface area contributed by atoms with Gasteiger partial charge in [-0.3, -0.25) is 0 Å². The molecule has 22 heavy (non-hydrogen) atoms. The average molecular weight is 536 g/mol. The number of rotatable bonds is 4. The van der Waals surface area contributed by atoms with Crippen LogP contribution in [0.2, 0.25) is 5.02 Å². The molecule has 0 unspecified atom stereocenters. The molecular formula is C17H12ClI2NO. The van der Waals surface area contributed by atoms with E-state index >= 15 is 0 Å².